The van der Waals surface area contributed by atoms with Crippen LogP contribution in [0.1, 0.15) is 94.9 Å². The summed E-state index contributed by atoms with van der Waals surface area (Å²) in [5.74, 6) is -0.457. The number of carbonyl (C=O) groups is 2. The third-order valence-electron chi connectivity index (χ3n) is 6.70. The molecule has 0 radical (unpaired) electrons. The molecule has 0 fully saturated rings. The van der Waals surface area contributed by atoms with Crippen LogP contribution in [0.3, 0.4) is 0 Å². The van der Waals surface area contributed by atoms with Gasteiger partial charge in [-0.25, -0.2) is 4.79 Å². The quantitative estimate of drug-likeness (QED) is 0.274. The van der Waals surface area contributed by atoms with Crippen LogP contribution in [0.15, 0.2) is 66.7 Å². The predicted molar refractivity (Wildman–Crippen MR) is 170 cm³/mol. The summed E-state index contributed by atoms with van der Waals surface area (Å²) in [6, 6.07) is 21.3. The number of ether oxygens (including phenoxy) is 1. The molecule has 41 heavy (non-hydrogen) atoms. The van der Waals surface area contributed by atoms with E-state index in [0.717, 1.165) is 11.1 Å². The Morgan fingerprint density at radius 1 is 0.756 bits per heavy atom. The second-order valence-corrected chi connectivity index (χ2v) is 14.1. The molecule has 3 rings (SSSR count). The van der Waals surface area contributed by atoms with Gasteiger partial charge in [0.05, 0.1) is 18.7 Å². The van der Waals surface area contributed by atoms with E-state index in [0.29, 0.717) is 29.4 Å². The van der Waals surface area contributed by atoms with Crippen molar-refractivity contribution in [3.8, 4) is 0 Å². The number of carbonyl (C=O) groups excluding carboxylic acids is 2. The normalized spacial score (nSPS) is 12.2. The molecule has 0 unspecified atom stereocenters. The molecule has 0 atom stereocenters. The summed E-state index contributed by atoms with van der Waals surface area (Å²) in [6.07, 6.45) is 0. The minimum atomic E-state index is -0.587. The van der Waals surface area contributed by atoms with E-state index >= 15 is 0 Å². The SMILES string of the molecule is CC(C)(C)OC(=O)c1ccc(N(Cc2cc(C(C)(C)C)cc(C(C)(C)C)c2)C(=O)CNCc2ccc(Cl)cc2)cc1. The average molecular weight is 577 g/mol. The van der Waals surface area contributed by atoms with Gasteiger partial charge in [-0.3, -0.25) is 4.79 Å². The van der Waals surface area contributed by atoms with Crippen molar-refractivity contribution in [2.24, 2.45) is 0 Å². The first-order chi connectivity index (χ1) is 18.9. The highest BCUT2D eigenvalue weighted by atomic mass is 35.5. The predicted octanol–water partition coefficient (Wildman–Crippen LogP) is 8.21. The first kappa shape index (κ1) is 32.4. The summed E-state index contributed by atoms with van der Waals surface area (Å²) in [5.41, 5.74) is 5.06. The summed E-state index contributed by atoms with van der Waals surface area (Å²) >= 11 is 6.01. The topological polar surface area (TPSA) is 58.6 Å². The minimum Gasteiger partial charge on any atom is -0.456 e. The molecule has 0 spiro atoms. The van der Waals surface area contributed by atoms with Crippen LogP contribution in [0.25, 0.3) is 0 Å². The number of hydrogen-bond donors (Lipinski definition) is 1. The fourth-order valence-electron chi connectivity index (χ4n) is 4.28. The number of halogens is 1. The smallest absolute Gasteiger partial charge is 0.338 e. The van der Waals surface area contributed by atoms with Crippen LogP contribution >= 0.6 is 11.6 Å². The van der Waals surface area contributed by atoms with Gasteiger partial charge in [-0.05, 0) is 90.3 Å². The van der Waals surface area contributed by atoms with Crippen molar-refractivity contribution in [1.82, 2.24) is 5.32 Å². The lowest BCUT2D eigenvalue weighted by Crippen LogP contribution is -2.38. The van der Waals surface area contributed by atoms with Gasteiger partial charge in [0.1, 0.15) is 5.60 Å². The summed E-state index contributed by atoms with van der Waals surface area (Å²) < 4.78 is 5.52. The highest BCUT2D eigenvalue weighted by molar-refractivity contribution is 6.30. The highest BCUT2D eigenvalue weighted by Gasteiger charge is 2.24. The highest BCUT2D eigenvalue weighted by Crippen LogP contribution is 2.31. The molecule has 0 aromatic heterocycles. The van der Waals surface area contributed by atoms with Gasteiger partial charge in [0.15, 0.2) is 0 Å². The standard InChI is InChI=1S/C35H45ClN2O3/c1-33(2,3)27-18-25(19-28(20-27)34(4,5)6)23-38(31(39)22-37-21-24-10-14-29(36)15-11-24)30-16-12-26(13-17-30)32(40)41-35(7,8)9/h10-20,37H,21-23H2,1-9H3. The largest absolute Gasteiger partial charge is 0.456 e. The maximum Gasteiger partial charge on any atom is 0.338 e. The summed E-state index contributed by atoms with van der Waals surface area (Å²) in [7, 11) is 0. The zero-order chi connectivity index (χ0) is 30.6. The van der Waals surface area contributed by atoms with Crippen molar-refractivity contribution >= 4 is 29.2 Å². The van der Waals surface area contributed by atoms with Crippen LogP contribution in [0.4, 0.5) is 5.69 Å². The number of nitrogens with one attached hydrogen (secondary N) is 1. The summed E-state index contributed by atoms with van der Waals surface area (Å²) in [5, 5.41) is 3.95. The van der Waals surface area contributed by atoms with Gasteiger partial charge in [-0.1, -0.05) is 83.5 Å². The van der Waals surface area contributed by atoms with E-state index in [2.05, 4.69) is 65.1 Å². The number of hydrogen-bond acceptors (Lipinski definition) is 4. The van der Waals surface area contributed by atoms with Crippen LogP contribution < -0.4 is 10.2 Å². The van der Waals surface area contributed by atoms with Crippen molar-refractivity contribution < 1.29 is 14.3 Å². The molecule has 6 heteroatoms. The Bertz CT molecular complexity index is 1310. The number of nitrogens with zero attached hydrogens (tertiary/aromatic N) is 1. The molecule has 0 saturated heterocycles. The average Bonchev–Trinajstić information content (AvgIpc) is 2.86. The molecule has 3 aromatic carbocycles. The van der Waals surface area contributed by atoms with E-state index in [1.54, 1.807) is 17.0 Å². The monoisotopic (exact) mass is 576 g/mol. The van der Waals surface area contributed by atoms with Crippen molar-refractivity contribution in [3.63, 3.8) is 0 Å². The Labute approximate surface area is 251 Å². The van der Waals surface area contributed by atoms with Crippen LogP contribution in [-0.2, 0) is 33.5 Å². The minimum absolute atomic E-state index is 0.0416. The summed E-state index contributed by atoms with van der Waals surface area (Å²) in [4.78, 5) is 28.1. The van der Waals surface area contributed by atoms with Crippen molar-refractivity contribution in [2.45, 2.75) is 91.8 Å². The van der Waals surface area contributed by atoms with Crippen molar-refractivity contribution in [2.75, 3.05) is 11.4 Å². The molecule has 3 aromatic rings. The lowest BCUT2D eigenvalue weighted by atomic mass is 9.79. The summed E-state index contributed by atoms with van der Waals surface area (Å²) in [6.45, 7) is 19.9. The molecule has 0 aliphatic heterocycles. The van der Waals surface area contributed by atoms with Crippen molar-refractivity contribution in [3.05, 3.63) is 99.6 Å². The Morgan fingerprint density at radius 2 is 1.29 bits per heavy atom. The maximum absolute atomic E-state index is 13.7. The van der Waals surface area contributed by atoms with E-state index in [-0.39, 0.29) is 29.3 Å². The van der Waals surface area contributed by atoms with Gasteiger partial charge < -0.3 is 15.0 Å². The molecule has 0 saturated carbocycles. The number of benzene rings is 3. The fourth-order valence-corrected chi connectivity index (χ4v) is 4.41. The third-order valence-corrected chi connectivity index (χ3v) is 6.95. The first-order valence-electron chi connectivity index (χ1n) is 14.2. The lowest BCUT2D eigenvalue weighted by Gasteiger charge is -2.28. The zero-order valence-corrected chi connectivity index (χ0v) is 26.8. The number of amides is 1. The molecule has 0 aliphatic carbocycles. The maximum atomic E-state index is 13.7. The second kappa shape index (κ2) is 12.8. The Hall–Kier alpha value is -3.15. The van der Waals surface area contributed by atoms with E-state index in [9.17, 15) is 9.59 Å². The Morgan fingerprint density at radius 3 is 1.78 bits per heavy atom. The molecule has 0 heterocycles. The zero-order valence-electron chi connectivity index (χ0n) is 26.0. The van der Waals surface area contributed by atoms with Gasteiger partial charge in [0.25, 0.3) is 0 Å². The molecule has 0 aliphatic rings. The first-order valence-corrected chi connectivity index (χ1v) is 14.5. The van der Waals surface area contributed by atoms with Crippen LogP contribution in [0.2, 0.25) is 5.02 Å². The van der Waals surface area contributed by atoms with E-state index in [4.69, 9.17) is 16.3 Å². The van der Waals surface area contributed by atoms with E-state index in [1.807, 2.05) is 57.2 Å². The van der Waals surface area contributed by atoms with E-state index < -0.39 is 5.60 Å². The van der Waals surface area contributed by atoms with Crippen LogP contribution in [-0.4, -0.2) is 24.0 Å². The van der Waals surface area contributed by atoms with Gasteiger partial charge in [-0.15, -0.1) is 0 Å². The van der Waals surface area contributed by atoms with Gasteiger partial charge in [0, 0.05) is 17.3 Å². The molecular formula is C35H45ClN2O3. The molecule has 5 nitrogen and oxygen atoms in total. The number of rotatable bonds is 8. The second-order valence-electron chi connectivity index (χ2n) is 13.7. The fraction of sp³-hybridized carbons (Fsp3) is 0.429. The van der Waals surface area contributed by atoms with Crippen LogP contribution in [0.5, 0.6) is 0 Å². The van der Waals surface area contributed by atoms with Gasteiger partial charge in [-0.2, -0.15) is 0 Å². The third kappa shape index (κ3) is 9.72. The van der Waals surface area contributed by atoms with Crippen molar-refractivity contribution in [1.29, 1.82) is 0 Å². The molecule has 1 amide bonds. The Balaban J connectivity index is 1.93. The molecule has 1 N–H and O–H groups in total. The number of anilines is 1. The van der Waals surface area contributed by atoms with Gasteiger partial charge in [0.2, 0.25) is 5.91 Å². The molecular weight excluding hydrogens is 532 g/mol. The molecule has 220 valence electrons. The lowest BCUT2D eigenvalue weighted by molar-refractivity contribution is -0.118. The Kier molecular flexibility index (Phi) is 10.1. The number of esters is 1. The van der Waals surface area contributed by atoms with Gasteiger partial charge >= 0.3 is 5.97 Å². The van der Waals surface area contributed by atoms with Crippen LogP contribution in [0, 0.1) is 0 Å². The van der Waals surface area contributed by atoms with E-state index in [1.165, 1.54) is 11.1 Å². The molecule has 0 bridgehead atoms.